The normalized spacial score (nSPS) is 12.4. The Morgan fingerprint density at radius 3 is 2.19 bits per heavy atom. The lowest BCUT2D eigenvalue weighted by Crippen LogP contribution is -2.52. The van der Waals surface area contributed by atoms with Crippen molar-refractivity contribution in [1.82, 2.24) is 16.0 Å². The predicted molar refractivity (Wildman–Crippen MR) is 90.6 cm³/mol. The second-order valence-corrected chi connectivity index (χ2v) is 5.19. The number of rotatable bonds is 12. The molecule has 13 heteroatoms. The van der Waals surface area contributed by atoms with Crippen molar-refractivity contribution >= 4 is 29.7 Å². The van der Waals surface area contributed by atoms with Crippen molar-refractivity contribution in [2.45, 2.75) is 24.9 Å². The van der Waals surface area contributed by atoms with Crippen LogP contribution < -0.4 is 33.2 Å². The van der Waals surface area contributed by atoms with Crippen molar-refractivity contribution in [2.75, 3.05) is 26.2 Å². The average molecular weight is 375 g/mol. The number of nitrogens with zero attached hydrogens (tertiary/aromatic N) is 1. The van der Waals surface area contributed by atoms with Crippen LogP contribution >= 0.6 is 0 Å². The molecular weight excluding hydrogens is 350 g/mol. The van der Waals surface area contributed by atoms with Gasteiger partial charge in [0, 0.05) is 6.54 Å². The van der Waals surface area contributed by atoms with Crippen molar-refractivity contribution in [1.29, 1.82) is 0 Å². The van der Waals surface area contributed by atoms with Gasteiger partial charge >= 0.3 is 5.97 Å². The number of carboxylic acid groups (broad SMARTS) is 1. The van der Waals surface area contributed by atoms with E-state index in [1.807, 2.05) is 0 Å². The molecule has 0 aromatic carbocycles. The van der Waals surface area contributed by atoms with Crippen LogP contribution in [0, 0.1) is 0 Å². The molecule has 13 nitrogen and oxygen atoms in total. The molecule has 0 aliphatic heterocycles. The van der Waals surface area contributed by atoms with Crippen LogP contribution in [0.25, 0.3) is 0 Å². The summed E-state index contributed by atoms with van der Waals surface area (Å²) >= 11 is 0. The monoisotopic (exact) mass is 375 g/mol. The fourth-order valence-electron chi connectivity index (χ4n) is 1.69. The highest BCUT2D eigenvalue weighted by Crippen LogP contribution is 1.99. The Labute approximate surface area is 149 Å². The number of carbonyl (C=O) groups excluding carboxylic acids is 3. The van der Waals surface area contributed by atoms with Gasteiger partial charge in [-0.05, 0) is 12.8 Å². The van der Waals surface area contributed by atoms with Crippen LogP contribution in [0.5, 0.6) is 0 Å². The minimum absolute atomic E-state index is 0.121. The molecule has 0 fully saturated rings. The van der Waals surface area contributed by atoms with E-state index in [-0.39, 0.29) is 18.9 Å². The van der Waals surface area contributed by atoms with Crippen LogP contribution in [0.4, 0.5) is 0 Å². The molecule has 0 aliphatic carbocycles. The minimum atomic E-state index is -1.24. The molecule has 2 unspecified atom stereocenters. The van der Waals surface area contributed by atoms with Gasteiger partial charge in [0.15, 0.2) is 5.96 Å². The summed E-state index contributed by atoms with van der Waals surface area (Å²) in [5, 5.41) is 24.0. The number of aliphatic hydroxyl groups excluding tert-OH is 1. The summed E-state index contributed by atoms with van der Waals surface area (Å²) < 4.78 is 0. The van der Waals surface area contributed by atoms with Gasteiger partial charge in [-0.1, -0.05) is 0 Å². The van der Waals surface area contributed by atoms with Gasteiger partial charge < -0.3 is 43.4 Å². The number of hydrogen-bond donors (Lipinski definition) is 8. The van der Waals surface area contributed by atoms with Crippen LogP contribution in [0.1, 0.15) is 12.8 Å². The summed E-state index contributed by atoms with van der Waals surface area (Å²) in [7, 11) is 0. The fourth-order valence-corrected chi connectivity index (χ4v) is 1.69. The second-order valence-electron chi connectivity index (χ2n) is 5.19. The number of carbonyl (C=O) groups is 4. The maximum Gasteiger partial charge on any atom is 0.322 e. The molecule has 26 heavy (non-hydrogen) atoms. The Balaban J connectivity index is 4.63. The maximum atomic E-state index is 12.0. The largest absolute Gasteiger partial charge is 0.480 e. The molecule has 0 saturated heterocycles. The number of amides is 3. The number of nitrogens with two attached hydrogens (primary N) is 3. The lowest BCUT2D eigenvalue weighted by molar-refractivity contribution is -0.138. The Hall–Kier alpha value is -2.93. The first-order chi connectivity index (χ1) is 12.2. The van der Waals surface area contributed by atoms with Crippen LogP contribution in [0.3, 0.4) is 0 Å². The highest BCUT2D eigenvalue weighted by molar-refractivity contribution is 5.91. The molecule has 3 amide bonds. The number of guanidine groups is 1. The van der Waals surface area contributed by atoms with E-state index in [1.165, 1.54) is 0 Å². The summed E-state index contributed by atoms with van der Waals surface area (Å²) in [5.74, 6) is -3.50. The first-order valence-electron chi connectivity index (χ1n) is 7.65. The predicted octanol–water partition coefficient (Wildman–Crippen LogP) is -4.84. The first-order valence-corrected chi connectivity index (χ1v) is 7.65. The molecular formula is C13H25N7O6. The highest BCUT2D eigenvalue weighted by atomic mass is 16.4. The standard InChI is InChI=1S/C13H25N7O6/c14-7(6-21)11(25)18-4-9(22)20-8(2-1-3-17-13(15)16)12(26)19-5-10(23)24/h7-8,21H,1-6,14H2,(H,18,25)(H,19,26)(H,20,22)(H,23,24)(H4,15,16,17). The van der Waals surface area contributed by atoms with E-state index in [1.54, 1.807) is 0 Å². The van der Waals surface area contributed by atoms with Gasteiger partial charge in [-0.15, -0.1) is 0 Å². The third-order valence-electron chi connectivity index (χ3n) is 2.97. The van der Waals surface area contributed by atoms with E-state index in [4.69, 9.17) is 27.4 Å². The zero-order chi connectivity index (χ0) is 20.1. The molecule has 0 rings (SSSR count). The summed E-state index contributed by atoms with van der Waals surface area (Å²) in [6, 6.07) is -2.21. The molecule has 148 valence electrons. The zero-order valence-corrected chi connectivity index (χ0v) is 14.1. The molecule has 0 spiro atoms. The Morgan fingerprint density at radius 2 is 1.65 bits per heavy atom. The molecule has 0 aromatic rings. The van der Waals surface area contributed by atoms with E-state index in [0.717, 1.165) is 0 Å². The molecule has 11 N–H and O–H groups in total. The fraction of sp³-hybridized carbons (Fsp3) is 0.615. The molecule has 0 aromatic heterocycles. The summed E-state index contributed by atoms with van der Waals surface area (Å²) in [6.45, 7) is -1.45. The van der Waals surface area contributed by atoms with Crippen molar-refractivity contribution in [3.8, 4) is 0 Å². The topological polar surface area (TPSA) is 235 Å². The van der Waals surface area contributed by atoms with Crippen LogP contribution in [-0.4, -0.2) is 78.2 Å². The minimum Gasteiger partial charge on any atom is -0.480 e. The SMILES string of the molecule is NC(N)=NCCCC(NC(=O)CNC(=O)C(N)CO)C(=O)NCC(=O)O. The van der Waals surface area contributed by atoms with Gasteiger partial charge in [0.2, 0.25) is 17.7 Å². The molecule has 0 aliphatic rings. The Morgan fingerprint density at radius 1 is 1.04 bits per heavy atom. The van der Waals surface area contributed by atoms with Crippen molar-refractivity contribution in [3.05, 3.63) is 0 Å². The summed E-state index contributed by atoms with van der Waals surface area (Å²) in [5.41, 5.74) is 15.6. The van der Waals surface area contributed by atoms with Crippen LogP contribution in [0.15, 0.2) is 4.99 Å². The van der Waals surface area contributed by atoms with Gasteiger partial charge in [0.05, 0.1) is 13.2 Å². The number of aliphatic imine (C=N–C) groups is 1. The quantitative estimate of drug-likeness (QED) is 0.0925. The Kier molecular flexibility index (Phi) is 11.0. The van der Waals surface area contributed by atoms with E-state index in [2.05, 4.69) is 20.9 Å². The van der Waals surface area contributed by atoms with Gasteiger partial charge in [0.25, 0.3) is 0 Å². The van der Waals surface area contributed by atoms with Gasteiger partial charge in [0.1, 0.15) is 18.6 Å². The van der Waals surface area contributed by atoms with Crippen molar-refractivity contribution < 1.29 is 29.4 Å². The van der Waals surface area contributed by atoms with E-state index in [9.17, 15) is 19.2 Å². The molecule has 0 bridgehead atoms. The molecule has 0 saturated carbocycles. The van der Waals surface area contributed by atoms with Crippen LogP contribution in [-0.2, 0) is 19.2 Å². The number of carboxylic acids is 1. The molecule has 0 radical (unpaired) electrons. The Bertz CT molecular complexity index is 535. The third kappa shape index (κ3) is 10.8. The third-order valence-corrected chi connectivity index (χ3v) is 2.97. The van der Waals surface area contributed by atoms with E-state index < -0.39 is 55.5 Å². The summed E-state index contributed by atoms with van der Waals surface area (Å²) in [4.78, 5) is 49.5. The van der Waals surface area contributed by atoms with Gasteiger partial charge in [-0.2, -0.15) is 0 Å². The lowest BCUT2D eigenvalue weighted by atomic mass is 10.1. The molecule has 0 heterocycles. The molecule has 2 atom stereocenters. The number of aliphatic hydroxyl groups is 1. The summed E-state index contributed by atoms with van der Waals surface area (Å²) in [6.07, 6.45) is 0.475. The highest BCUT2D eigenvalue weighted by Gasteiger charge is 2.21. The average Bonchev–Trinajstić information content (AvgIpc) is 2.58. The first kappa shape index (κ1) is 23.1. The number of hydrogen-bond acceptors (Lipinski definition) is 7. The maximum absolute atomic E-state index is 12.0. The lowest BCUT2D eigenvalue weighted by Gasteiger charge is -2.18. The smallest absolute Gasteiger partial charge is 0.322 e. The van der Waals surface area contributed by atoms with Crippen LogP contribution in [0.2, 0.25) is 0 Å². The zero-order valence-electron chi connectivity index (χ0n) is 14.1. The number of aliphatic carboxylic acids is 1. The van der Waals surface area contributed by atoms with Crippen molar-refractivity contribution in [3.63, 3.8) is 0 Å². The van der Waals surface area contributed by atoms with E-state index >= 15 is 0 Å². The van der Waals surface area contributed by atoms with Gasteiger partial charge in [-0.3, -0.25) is 24.2 Å². The van der Waals surface area contributed by atoms with E-state index in [0.29, 0.717) is 6.42 Å². The van der Waals surface area contributed by atoms with Gasteiger partial charge in [-0.25, -0.2) is 0 Å². The van der Waals surface area contributed by atoms with Crippen molar-refractivity contribution in [2.24, 2.45) is 22.2 Å². The number of nitrogens with one attached hydrogen (secondary N) is 3. The second kappa shape index (κ2) is 12.4.